The maximum atomic E-state index is 13.7. The van der Waals surface area contributed by atoms with Gasteiger partial charge in [-0.05, 0) is 43.7 Å². The van der Waals surface area contributed by atoms with Crippen molar-refractivity contribution in [3.8, 4) is 5.75 Å². The van der Waals surface area contributed by atoms with Crippen LogP contribution in [0.2, 0.25) is 5.02 Å². The first kappa shape index (κ1) is 23.7. The van der Waals surface area contributed by atoms with Gasteiger partial charge in [0.1, 0.15) is 18.2 Å². The van der Waals surface area contributed by atoms with E-state index in [1.54, 1.807) is 24.3 Å². The van der Waals surface area contributed by atoms with Crippen LogP contribution in [0.15, 0.2) is 42.5 Å². The Morgan fingerprint density at radius 2 is 1.81 bits per heavy atom. The van der Waals surface area contributed by atoms with Gasteiger partial charge >= 0.3 is 0 Å². The number of benzene rings is 2. The van der Waals surface area contributed by atoms with Crippen molar-refractivity contribution >= 4 is 24.0 Å². The summed E-state index contributed by atoms with van der Waals surface area (Å²) >= 11 is 6.11. The molecule has 0 atom stereocenters. The zero-order valence-electron chi connectivity index (χ0n) is 15.7. The minimum atomic E-state index is -0.260. The molecule has 0 aliphatic carbocycles. The topological polar surface area (TPSA) is 30.5 Å². The molecule has 6 heteroatoms. The number of nitrogens with one attached hydrogen (secondary N) is 1. The maximum absolute atomic E-state index is 13.7. The SMILES string of the molecule is CCCCOCCCNCc1cc(Cl)ccc1OCc1ccccc1F.Cl. The van der Waals surface area contributed by atoms with E-state index in [0.29, 0.717) is 22.9 Å². The lowest BCUT2D eigenvalue weighted by Crippen LogP contribution is -2.17. The molecule has 0 fully saturated rings. The number of ether oxygens (including phenoxy) is 2. The van der Waals surface area contributed by atoms with Crippen molar-refractivity contribution in [3.63, 3.8) is 0 Å². The standard InChI is InChI=1S/C21H27ClFNO2.ClH/c1-2-3-12-25-13-6-11-24-15-18-14-19(22)9-10-21(18)26-16-17-7-4-5-8-20(17)23;/h4-5,7-10,14,24H,2-3,6,11-13,15-16H2,1H3;1H. The van der Waals surface area contributed by atoms with E-state index >= 15 is 0 Å². The van der Waals surface area contributed by atoms with Gasteiger partial charge in [-0.25, -0.2) is 4.39 Å². The van der Waals surface area contributed by atoms with Crippen molar-refractivity contribution in [2.75, 3.05) is 19.8 Å². The van der Waals surface area contributed by atoms with Gasteiger partial charge in [0.25, 0.3) is 0 Å². The van der Waals surface area contributed by atoms with Crippen LogP contribution >= 0.6 is 24.0 Å². The molecule has 1 N–H and O–H groups in total. The first-order chi connectivity index (χ1) is 12.7. The van der Waals surface area contributed by atoms with Crippen LogP contribution in [0.1, 0.15) is 37.3 Å². The minimum absolute atomic E-state index is 0. The molecule has 0 aliphatic rings. The maximum Gasteiger partial charge on any atom is 0.129 e. The molecule has 0 saturated heterocycles. The van der Waals surface area contributed by atoms with E-state index in [1.807, 2.05) is 12.1 Å². The average Bonchev–Trinajstić information content (AvgIpc) is 2.64. The van der Waals surface area contributed by atoms with Crippen molar-refractivity contribution in [1.82, 2.24) is 5.32 Å². The zero-order chi connectivity index (χ0) is 18.6. The number of rotatable bonds is 12. The van der Waals surface area contributed by atoms with Gasteiger partial charge in [-0.3, -0.25) is 0 Å². The first-order valence-electron chi connectivity index (χ1n) is 9.13. The Kier molecular flexibility index (Phi) is 12.1. The van der Waals surface area contributed by atoms with Gasteiger partial charge in [0.15, 0.2) is 0 Å². The summed E-state index contributed by atoms with van der Waals surface area (Å²) in [6.07, 6.45) is 3.22. The van der Waals surface area contributed by atoms with Crippen LogP contribution in [-0.4, -0.2) is 19.8 Å². The summed E-state index contributed by atoms with van der Waals surface area (Å²) in [7, 11) is 0. The summed E-state index contributed by atoms with van der Waals surface area (Å²) < 4.78 is 25.1. The second kappa shape index (κ2) is 13.8. The fraction of sp³-hybridized carbons (Fsp3) is 0.429. The second-order valence-corrected chi connectivity index (χ2v) is 6.56. The molecule has 0 aliphatic heterocycles. The van der Waals surface area contributed by atoms with Crippen molar-refractivity contribution < 1.29 is 13.9 Å². The average molecular weight is 416 g/mol. The fourth-order valence-electron chi connectivity index (χ4n) is 2.47. The largest absolute Gasteiger partial charge is 0.488 e. The third-order valence-electron chi connectivity index (χ3n) is 3.96. The molecule has 150 valence electrons. The van der Waals surface area contributed by atoms with Crippen LogP contribution in [0.5, 0.6) is 5.75 Å². The summed E-state index contributed by atoms with van der Waals surface area (Å²) in [5, 5.41) is 4.03. The van der Waals surface area contributed by atoms with Crippen molar-refractivity contribution in [3.05, 3.63) is 64.4 Å². The van der Waals surface area contributed by atoms with Crippen molar-refractivity contribution in [2.45, 2.75) is 39.3 Å². The van der Waals surface area contributed by atoms with Crippen molar-refractivity contribution in [2.24, 2.45) is 0 Å². The molecule has 0 unspecified atom stereocenters. The third-order valence-corrected chi connectivity index (χ3v) is 4.20. The normalized spacial score (nSPS) is 10.5. The van der Waals surface area contributed by atoms with Crippen LogP contribution in [0.4, 0.5) is 4.39 Å². The van der Waals surface area contributed by atoms with Gasteiger partial charge in [-0.1, -0.05) is 43.1 Å². The zero-order valence-corrected chi connectivity index (χ0v) is 17.3. The van der Waals surface area contributed by atoms with E-state index in [0.717, 1.165) is 44.6 Å². The third kappa shape index (κ3) is 8.93. The highest BCUT2D eigenvalue weighted by atomic mass is 35.5. The molecule has 0 heterocycles. The Bertz CT molecular complexity index is 670. The summed E-state index contributed by atoms with van der Waals surface area (Å²) in [5.74, 6) is 0.452. The molecule has 0 saturated carbocycles. The summed E-state index contributed by atoms with van der Waals surface area (Å²) in [4.78, 5) is 0. The van der Waals surface area contributed by atoms with Crippen LogP contribution in [0.3, 0.4) is 0 Å². The van der Waals surface area contributed by atoms with E-state index < -0.39 is 0 Å². The molecular weight excluding hydrogens is 388 g/mol. The Morgan fingerprint density at radius 1 is 1.04 bits per heavy atom. The number of hydrogen-bond acceptors (Lipinski definition) is 3. The molecular formula is C21H28Cl2FNO2. The first-order valence-corrected chi connectivity index (χ1v) is 9.51. The molecule has 2 aromatic carbocycles. The van der Waals surface area contributed by atoms with Gasteiger partial charge in [0, 0.05) is 35.9 Å². The lowest BCUT2D eigenvalue weighted by molar-refractivity contribution is 0.128. The smallest absolute Gasteiger partial charge is 0.129 e. The Morgan fingerprint density at radius 3 is 2.59 bits per heavy atom. The van der Waals surface area contributed by atoms with E-state index in [9.17, 15) is 4.39 Å². The van der Waals surface area contributed by atoms with E-state index in [1.165, 1.54) is 6.07 Å². The van der Waals surface area contributed by atoms with Crippen LogP contribution < -0.4 is 10.1 Å². The van der Waals surface area contributed by atoms with Gasteiger partial charge in [0.2, 0.25) is 0 Å². The highest BCUT2D eigenvalue weighted by Crippen LogP contribution is 2.24. The number of halogens is 3. The van der Waals surface area contributed by atoms with Crippen molar-refractivity contribution in [1.29, 1.82) is 0 Å². The number of unbranched alkanes of at least 4 members (excludes halogenated alkanes) is 1. The van der Waals surface area contributed by atoms with Gasteiger partial charge < -0.3 is 14.8 Å². The number of hydrogen-bond donors (Lipinski definition) is 1. The molecule has 0 bridgehead atoms. The lowest BCUT2D eigenvalue weighted by atomic mass is 10.2. The highest BCUT2D eigenvalue weighted by Gasteiger charge is 2.07. The minimum Gasteiger partial charge on any atom is -0.488 e. The molecule has 0 radical (unpaired) electrons. The second-order valence-electron chi connectivity index (χ2n) is 6.13. The Balaban J connectivity index is 0.00000364. The van der Waals surface area contributed by atoms with E-state index in [2.05, 4.69) is 12.2 Å². The predicted octanol–water partition coefficient (Wildman–Crippen LogP) is 5.78. The monoisotopic (exact) mass is 415 g/mol. The van der Waals surface area contributed by atoms with Crippen LogP contribution in [0.25, 0.3) is 0 Å². The lowest BCUT2D eigenvalue weighted by Gasteiger charge is -2.13. The molecule has 0 aromatic heterocycles. The highest BCUT2D eigenvalue weighted by molar-refractivity contribution is 6.30. The summed E-state index contributed by atoms with van der Waals surface area (Å²) in [6.45, 7) is 5.43. The summed E-state index contributed by atoms with van der Waals surface area (Å²) in [6, 6.07) is 12.1. The molecule has 2 aromatic rings. The quantitative estimate of drug-likeness (QED) is 0.445. The Labute approximate surface area is 172 Å². The molecule has 27 heavy (non-hydrogen) atoms. The van der Waals surface area contributed by atoms with E-state index in [-0.39, 0.29) is 24.8 Å². The predicted molar refractivity (Wildman–Crippen MR) is 111 cm³/mol. The van der Waals surface area contributed by atoms with E-state index in [4.69, 9.17) is 21.1 Å². The van der Waals surface area contributed by atoms with Crippen LogP contribution in [-0.2, 0) is 17.9 Å². The van der Waals surface area contributed by atoms with Crippen LogP contribution in [0, 0.1) is 5.82 Å². The molecule has 0 amide bonds. The van der Waals surface area contributed by atoms with Gasteiger partial charge in [-0.2, -0.15) is 0 Å². The van der Waals surface area contributed by atoms with Gasteiger partial charge in [-0.15, -0.1) is 12.4 Å². The Hall–Kier alpha value is -1.33. The molecule has 2 rings (SSSR count). The summed E-state index contributed by atoms with van der Waals surface area (Å²) in [5.41, 5.74) is 1.49. The van der Waals surface area contributed by atoms with Gasteiger partial charge in [0.05, 0.1) is 0 Å². The molecule has 0 spiro atoms. The molecule has 3 nitrogen and oxygen atoms in total. The fourth-order valence-corrected chi connectivity index (χ4v) is 2.66.